The summed E-state index contributed by atoms with van der Waals surface area (Å²) in [6.07, 6.45) is -3.23. The van der Waals surface area contributed by atoms with Gasteiger partial charge in [-0.25, -0.2) is 0 Å². The van der Waals surface area contributed by atoms with Crippen LogP contribution in [0.1, 0.15) is 11.1 Å². The van der Waals surface area contributed by atoms with Gasteiger partial charge in [-0.3, -0.25) is 0 Å². The first kappa shape index (κ1) is 12.1. The van der Waals surface area contributed by atoms with Crippen molar-refractivity contribution in [3.63, 3.8) is 0 Å². The van der Waals surface area contributed by atoms with Crippen molar-refractivity contribution >= 4 is 5.76 Å². The highest BCUT2D eigenvalue weighted by Gasteiger charge is 2.30. The summed E-state index contributed by atoms with van der Waals surface area (Å²) in [5, 5.41) is 8.43. The number of hydrogen-bond donors (Lipinski definition) is 0. The molecule has 0 aliphatic heterocycles. The summed E-state index contributed by atoms with van der Waals surface area (Å²) in [6.45, 7) is 0. The lowest BCUT2D eigenvalue weighted by Crippen LogP contribution is -2.04. The zero-order valence-corrected chi connectivity index (χ0v) is 8.38. The Morgan fingerprint density at radius 2 is 1.88 bits per heavy atom. The van der Waals surface area contributed by atoms with E-state index in [0.717, 1.165) is 18.2 Å². The molecule has 0 spiro atoms. The molecule has 0 aromatic heterocycles. The molecule has 5 heteroatoms. The van der Waals surface area contributed by atoms with Crippen LogP contribution < -0.4 is 0 Å². The van der Waals surface area contributed by atoms with E-state index in [1.54, 1.807) is 6.07 Å². The number of nitriles is 1. The summed E-state index contributed by atoms with van der Waals surface area (Å²) in [7, 11) is 1.35. The van der Waals surface area contributed by atoms with Crippen LogP contribution in [0.2, 0.25) is 0 Å². The van der Waals surface area contributed by atoms with Crippen LogP contribution in [0.25, 0.3) is 5.76 Å². The molecule has 0 unspecified atom stereocenters. The molecule has 0 aliphatic rings. The number of benzene rings is 1. The Balaban J connectivity index is 3.04. The van der Waals surface area contributed by atoms with Crippen LogP contribution in [0.3, 0.4) is 0 Å². The van der Waals surface area contributed by atoms with E-state index in [1.807, 2.05) is 0 Å². The van der Waals surface area contributed by atoms with Crippen molar-refractivity contribution in [2.45, 2.75) is 6.18 Å². The summed E-state index contributed by atoms with van der Waals surface area (Å²) in [4.78, 5) is 0. The number of alkyl halides is 3. The monoisotopic (exact) mass is 227 g/mol. The van der Waals surface area contributed by atoms with Gasteiger partial charge in [0, 0.05) is 5.56 Å². The minimum atomic E-state index is -4.36. The highest BCUT2D eigenvalue weighted by atomic mass is 19.4. The van der Waals surface area contributed by atoms with Crippen molar-refractivity contribution in [2.75, 3.05) is 7.11 Å². The van der Waals surface area contributed by atoms with Crippen LogP contribution in [0, 0.1) is 11.3 Å². The summed E-state index contributed by atoms with van der Waals surface area (Å²) < 4.78 is 41.6. The number of halogens is 3. The number of rotatable bonds is 2. The second-order valence-electron chi connectivity index (χ2n) is 2.92. The van der Waals surface area contributed by atoms with Gasteiger partial charge in [-0.1, -0.05) is 12.1 Å². The van der Waals surface area contributed by atoms with Gasteiger partial charge in [0.15, 0.2) is 0 Å². The summed E-state index contributed by atoms with van der Waals surface area (Å²) in [5.41, 5.74) is -0.305. The Bertz CT molecular complexity index is 426. The maximum absolute atomic E-state index is 12.3. The summed E-state index contributed by atoms with van der Waals surface area (Å²) >= 11 is 0. The van der Waals surface area contributed by atoms with Gasteiger partial charge in [0.1, 0.15) is 5.76 Å². The molecule has 16 heavy (non-hydrogen) atoms. The molecule has 0 saturated carbocycles. The minimum absolute atomic E-state index is 0.233. The molecule has 0 aliphatic carbocycles. The first-order valence-electron chi connectivity index (χ1n) is 4.30. The third kappa shape index (κ3) is 2.76. The Morgan fingerprint density at radius 3 is 2.25 bits per heavy atom. The van der Waals surface area contributed by atoms with Gasteiger partial charge in [-0.15, -0.1) is 0 Å². The van der Waals surface area contributed by atoms with Gasteiger partial charge >= 0.3 is 6.18 Å². The number of methoxy groups -OCH3 is 1. The van der Waals surface area contributed by atoms with E-state index in [2.05, 4.69) is 0 Å². The molecule has 0 fully saturated rings. The topological polar surface area (TPSA) is 33.0 Å². The van der Waals surface area contributed by atoms with E-state index in [0.29, 0.717) is 5.56 Å². The average Bonchev–Trinajstić information content (AvgIpc) is 2.25. The van der Waals surface area contributed by atoms with Crippen LogP contribution in [0.15, 0.2) is 30.3 Å². The highest BCUT2D eigenvalue weighted by Crippen LogP contribution is 2.30. The molecule has 0 atom stereocenters. The van der Waals surface area contributed by atoms with Gasteiger partial charge in [-0.05, 0) is 12.1 Å². The summed E-state index contributed by atoms with van der Waals surface area (Å²) in [5.74, 6) is 0.233. The molecule has 2 nitrogen and oxygen atoms in total. The standard InChI is InChI=1S/C11H8F3NO/c1-16-10(6-7-15)8-2-4-9(5-3-8)11(12,13)14/h2-6H,1H3. The van der Waals surface area contributed by atoms with Gasteiger partial charge in [0.2, 0.25) is 0 Å². The Kier molecular flexibility index (Phi) is 3.56. The summed E-state index contributed by atoms with van der Waals surface area (Å²) in [6, 6.07) is 6.16. The van der Waals surface area contributed by atoms with Crippen LogP contribution in [-0.2, 0) is 10.9 Å². The van der Waals surface area contributed by atoms with E-state index in [1.165, 1.54) is 19.2 Å². The number of allylic oxidation sites excluding steroid dienone is 1. The van der Waals surface area contributed by atoms with E-state index < -0.39 is 11.7 Å². The fourth-order valence-electron chi connectivity index (χ4n) is 1.14. The second-order valence-corrected chi connectivity index (χ2v) is 2.92. The molecule has 0 bridgehead atoms. The molecule has 0 radical (unpaired) electrons. The van der Waals surface area contributed by atoms with Crippen LogP contribution in [-0.4, -0.2) is 7.11 Å². The maximum atomic E-state index is 12.3. The van der Waals surface area contributed by atoms with Gasteiger partial charge in [0.05, 0.1) is 24.8 Å². The molecule has 84 valence electrons. The third-order valence-electron chi connectivity index (χ3n) is 1.91. The molecular formula is C11H8F3NO. The number of ether oxygens (including phenoxy) is 1. The van der Waals surface area contributed by atoms with Gasteiger partial charge < -0.3 is 4.74 Å². The Morgan fingerprint density at radius 1 is 1.31 bits per heavy atom. The van der Waals surface area contributed by atoms with E-state index >= 15 is 0 Å². The van der Waals surface area contributed by atoms with Gasteiger partial charge in [0.25, 0.3) is 0 Å². The van der Waals surface area contributed by atoms with Crippen molar-refractivity contribution in [2.24, 2.45) is 0 Å². The molecule has 0 heterocycles. The predicted octanol–water partition coefficient (Wildman–Crippen LogP) is 3.22. The van der Waals surface area contributed by atoms with Crippen LogP contribution in [0.5, 0.6) is 0 Å². The molecular weight excluding hydrogens is 219 g/mol. The average molecular weight is 227 g/mol. The van der Waals surface area contributed by atoms with Crippen LogP contribution >= 0.6 is 0 Å². The SMILES string of the molecule is COC(=CC#N)c1ccc(C(F)(F)F)cc1. The van der Waals surface area contributed by atoms with Crippen molar-refractivity contribution < 1.29 is 17.9 Å². The highest BCUT2D eigenvalue weighted by molar-refractivity contribution is 5.62. The Hall–Kier alpha value is -1.96. The number of nitrogens with zero attached hydrogens (tertiary/aromatic N) is 1. The van der Waals surface area contributed by atoms with Crippen molar-refractivity contribution in [1.29, 1.82) is 5.26 Å². The predicted molar refractivity (Wildman–Crippen MR) is 52.0 cm³/mol. The van der Waals surface area contributed by atoms with Crippen molar-refractivity contribution in [3.8, 4) is 6.07 Å². The van der Waals surface area contributed by atoms with Crippen molar-refractivity contribution in [3.05, 3.63) is 41.5 Å². The lowest BCUT2D eigenvalue weighted by atomic mass is 10.1. The largest absolute Gasteiger partial charge is 0.495 e. The maximum Gasteiger partial charge on any atom is 0.416 e. The molecule has 0 saturated heterocycles. The van der Waals surface area contributed by atoms with Gasteiger partial charge in [-0.2, -0.15) is 18.4 Å². The lowest BCUT2D eigenvalue weighted by molar-refractivity contribution is -0.137. The zero-order valence-electron chi connectivity index (χ0n) is 8.38. The first-order valence-corrected chi connectivity index (χ1v) is 4.30. The zero-order chi connectivity index (χ0) is 12.2. The normalized spacial score (nSPS) is 12.1. The first-order chi connectivity index (χ1) is 7.49. The molecule has 0 N–H and O–H groups in total. The smallest absolute Gasteiger partial charge is 0.416 e. The molecule has 0 amide bonds. The van der Waals surface area contributed by atoms with E-state index in [-0.39, 0.29) is 5.76 Å². The Labute approximate surface area is 90.6 Å². The van der Waals surface area contributed by atoms with E-state index in [4.69, 9.17) is 10.00 Å². The molecule has 1 rings (SSSR count). The fraction of sp³-hybridized carbons (Fsp3) is 0.182. The molecule has 1 aromatic carbocycles. The molecule has 1 aromatic rings. The van der Waals surface area contributed by atoms with Crippen LogP contribution in [0.4, 0.5) is 13.2 Å². The second kappa shape index (κ2) is 4.71. The quantitative estimate of drug-likeness (QED) is 0.574. The van der Waals surface area contributed by atoms with E-state index in [9.17, 15) is 13.2 Å². The number of hydrogen-bond acceptors (Lipinski definition) is 2. The minimum Gasteiger partial charge on any atom is -0.495 e. The fourth-order valence-corrected chi connectivity index (χ4v) is 1.14. The van der Waals surface area contributed by atoms with Crippen molar-refractivity contribution in [1.82, 2.24) is 0 Å². The third-order valence-corrected chi connectivity index (χ3v) is 1.91. The lowest BCUT2D eigenvalue weighted by Gasteiger charge is -2.08.